The molecule has 2 rings (SSSR count). The molecule has 0 radical (unpaired) electrons. The van der Waals surface area contributed by atoms with Crippen molar-refractivity contribution in [1.29, 1.82) is 0 Å². The Labute approximate surface area is 98.1 Å². The normalized spacial score (nSPS) is 21.3. The van der Waals surface area contributed by atoms with E-state index >= 15 is 0 Å². The van der Waals surface area contributed by atoms with Gasteiger partial charge in [-0.2, -0.15) is 0 Å². The van der Waals surface area contributed by atoms with Gasteiger partial charge in [-0.15, -0.1) is 0 Å². The van der Waals surface area contributed by atoms with Crippen LogP contribution in [-0.2, 0) is 4.74 Å². The fourth-order valence-electron chi connectivity index (χ4n) is 1.46. The van der Waals surface area contributed by atoms with Crippen molar-refractivity contribution in [3.63, 3.8) is 0 Å². The molecule has 0 N–H and O–H groups in total. The van der Waals surface area contributed by atoms with Crippen molar-refractivity contribution >= 4 is 28.9 Å². The quantitative estimate of drug-likeness (QED) is 0.712. The van der Waals surface area contributed by atoms with E-state index in [0.717, 1.165) is 11.3 Å². The molecule has 0 fully saturated rings. The Bertz CT molecular complexity index is 386. The van der Waals surface area contributed by atoms with Crippen LogP contribution in [0.25, 0.3) is 0 Å². The number of halogens is 2. The highest BCUT2D eigenvalue weighted by molar-refractivity contribution is 6.33. The highest BCUT2D eigenvalue weighted by Crippen LogP contribution is 2.17. The van der Waals surface area contributed by atoms with Gasteiger partial charge in [0.15, 0.2) is 0 Å². The molecule has 15 heavy (non-hydrogen) atoms. The van der Waals surface area contributed by atoms with E-state index in [9.17, 15) is 0 Å². The van der Waals surface area contributed by atoms with Crippen LogP contribution in [0.4, 0.5) is 0 Å². The number of nitrogens with zero attached hydrogens (tertiary/aromatic N) is 2. The molecule has 1 aromatic heterocycles. The first-order valence-corrected chi connectivity index (χ1v) is 5.38. The summed E-state index contributed by atoms with van der Waals surface area (Å²) in [5, 5.41) is 0.747. The molecule has 0 aromatic carbocycles. The fourth-order valence-corrected chi connectivity index (χ4v) is 1.92. The highest BCUT2D eigenvalue weighted by Gasteiger charge is 2.14. The first-order chi connectivity index (χ1) is 7.15. The molecule has 3 nitrogen and oxygen atoms in total. The zero-order valence-corrected chi connectivity index (χ0v) is 9.72. The fraction of sp³-hybridized carbons (Fsp3) is 0.400. The molecule has 5 heteroatoms. The van der Waals surface area contributed by atoms with Crippen molar-refractivity contribution in [3.05, 3.63) is 28.0 Å². The highest BCUT2D eigenvalue weighted by atomic mass is 35.5. The number of aliphatic imine (C=N–C) groups is 1. The summed E-state index contributed by atoms with van der Waals surface area (Å²) in [6.07, 6.45) is 0. The maximum atomic E-state index is 5.81. The molecule has 0 saturated heterocycles. The van der Waals surface area contributed by atoms with Gasteiger partial charge in [-0.05, 0) is 19.1 Å². The number of hydrogen-bond acceptors (Lipinski definition) is 3. The summed E-state index contributed by atoms with van der Waals surface area (Å²) in [6.45, 7) is 3.17. The van der Waals surface area contributed by atoms with Crippen LogP contribution >= 0.6 is 23.2 Å². The molecule has 2 heterocycles. The van der Waals surface area contributed by atoms with Gasteiger partial charge in [0.05, 0.1) is 25.0 Å². The van der Waals surface area contributed by atoms with E-state index in [1.54, 1.807) is 12.1 Å². The van der Waals surface area contributed by atoms with Gasteiger partial charge in [-0.3, -0.25) is 4.99 Å². The Hall–Kier alpha value is -0.640. The average Bonchev–Trinajstić information content (AvgIpc) is 2.16. The zero-order chi connectivity index (χ0) is 10.8. The molecule has 0 saturated carbocycles. The Kier molecular flexibility index (Phi) is 3.24. The number of ether oxygens (including phenoxy) is 1. The number of pyridine rings is 1. The van der Waals surface area contributed by atoms with Gasteiger partial charge in [0.25, 0.3) is 0 Å². The topological polar surface area (TPSA) is 34.5 Å². The summed E-state index contributed by atoms with van der Waals surface area (Å²) in [6, 6.07) is 3.67. The number of hydrogen-bond donors (Lipinski definition) is 0. The minimum atomic E-state index is 0.180. The van der Waals surface area contributed by atoms with Gasteiger partial charge in [0.1, 0.15) is 10.3 Å². The molecule has 0 unspecified atom stereocenters. The van der Waals surface area contributed by atoms with Crippen molar-refractivity contribution < 1.29 is 4.74 Å². The smallest absolute Gasteiger partial charge is 0.131 e. The molecular weight excluding hydrogens is 235 g/mol. The minimum absolute atomic E-state index is 0.180. The largest absolute Gasteiger partial charge is 0.373 e. The molecule has 80 valence electrons. The number of aromatic nitrogens is 1. The van der Waals surface area contributed by atoms with Crippen molar-refractivity contribution in [2.45, 2.75) is 13.0 Å². The summed E-state index contributed by atoms with van der Waals surface area (Å²) >= 11 is 11.6. The van der Waals surface area contributed by atoms with Crippen molar-refractivity contribution in [1.82, 2.24) is 4.98 Å². The van der Waals surface area contributed by atoms with Crippen molar-refractivity contribution in [2.75, 3.05) is 13.2 Å². The van der Waals surface area contributed by atoms with E-state index in [1.807, 2.05) is 6.92 Å². The minimum Gasteiger partial charge on any atom is -0.373 e. The van der Waals surface area contributed by atoms with E-state index in [2.05, 4.69) is 9.98 Å². The van der Waals surface area contributed by atoms with Gasteiger partial charge in [-0.25, -0.2) is 4.98 Å². The molecule has 1 aliphatic heterocycles. The predicted molar refractivity (Wildman–Crippen MR) is 61.1 cm³/mol. The Morgan fingerprint density at radius 3 is 2.60 bits per heavy atom. The number of rotatable bonds is 1. The van der Waals surface area contributed by atoms with E-state index in [-0.39, 0.29) is 6.04 Å². The van der Waals surface area contributed by atoms with Gasteiger partial charge in [0.2, 0.25) is 0 Å². The summed E-state index contributed by atoms with van der Waals surface area (Å²) in [5.41, 5.74) is 1.76. The third-order valence-electron chi connectivity index (χ3n) is 2.07. The van der Waals surface area contributed by atoms with Crippen molar-refractivity contribution in [3.8, 4) is 0 Å². The van der Waals surface area contributed by atoms with E-state index < -0.39 is 0 Å². The second-order valence-electron chi connectivity index (χ2n) is 3.44. The predicted octanol–water partition coefficient (Wildman–Crippen LogP) is 2.60. The first kappa shape index (κ1) is 10.9. The van der Waals surface area contributed by atoms with Crippen LogP contribution in [0, 0.1) is 0 Å². The molecule has 0 spiro atoms. The summed E-state index contributed by atoms with van der Waals surface area (Å²) in [4.78, 5) is 8.36. The molecule has 0 aliphatic carbocycles. The molecule has 1 aromatic rings. The van der Waals surface area contributed by atoms with Crippen LogP contribution in [0.3, 0.4) is 0 Å². The Morgan fingerprint density at radius 1 is 1.33 bits per heavy atom. The van der Waals surface area contributed by atoms with Crippen LogP contribution in [0.2, 0.25) is 10.3 Å². The zero-order valence-electron chi connectivity index (χ0n) is 8.20. The molecule has 1 atom stereocenters. The van der Waals surface area contributed by atoms with Gasteiger partial charge in [-0.1, -0.05) is 23.2 Å². The summed E-state index contributed by atoms with van der Waals surface area (Å²) in [7, 11) is 0. The maximum absolute atomic E-state index is 5.81. The third-order valence-corrected chi connectivity index (χ3v) is 2.46. The monoisotopic (exact) mass is 244 g/mol. The van der Waals surface area contributed by atoms with Crippen LogP contribution in [0.5, 0.6) is 0 Å². The summed E-state index contributed by atoms with van der Waals surface area (Å²) in [5.74, 6) is 0. The lowest BCUT2D eigenvalue weighted by Gasteiger charge is -2.18. The second-order valence-corrected chi connectivity index (χ2v) is 4.22. The molecule has 1 aliphatic rings. The van der Waals surface area contributed by atoms with Gasteiger partial charge >= 0.3 is 0 Å². The molecular formula is C10H10Cl2N2O. The van der Waals surface area contributed by atoms with Gasteiger partial charge < -0.3 is 4.74 Å². The molecule has 0 bridgehead atoms. The van der Waals surface area contributed by atoms with E-state index in [1.165, 1.54) is 0 Å². The van der Waals surface area contributed by atoms with E-state index in [0.29, 0.717) is 23.5 Å². The van der Waals surface area contributed by atoms with Crippen LogP contribution in [-0.4, -0.2) is 30.0 Å². The first-order valence-electron chi connectivity index (χ1n) is 4.63. The van der Waals surface area contributed by atoms with Crippen LogP contribution in [0.1, 0.15) is 12.5 Å². The lowest BCUT2D eigenvalue weighted by atomic mass is 10.1. The Balaban J connectivity index is 2.36. The van der Waals surface area contributed by atoms with Crippen LogP contribution in [0.15, 0.2) is 17.1 Å². The van der Waals surface area contributed by atoms with Gasteiger partial charge in [0, 0.05) is 5.56 Å². The maximum Gasteiger partial charge on any atom is 0.131 e. The van der Waals surface area contributed by atoms with Crippen LogP contribution < -0.4 is 0 Å². The standard InChI is InChI=1S/C10H10Cl2N2O/c1-6-4-15-5-8(13-6)7-2-9(11)14-10(12)3-7/h2-3,6H,4-5H2,1H3/t6-/m1/s1. The lowest BCUT2D eigenvalue weighted by molar-refractivity contribution is 0.149. The summed E-state index contributed by atoms with van der Waals surface area (Å²) < 4.78 is 5.39. The lowest BCUT2D eigenvalue weighted by Crippen LogP contribution is -2.24. The Morgan fingerprint density at radius 2 is 2.00 bits per heavy atom. The van der Waals surface area contributed by atoms with Crippen molar-refractivity contribution in [2.24, 2.45) is 4.99 Å². The molecule has 0 amide bonds. The van der Waals surface area contributed by atoms with E-state index in [4.69, 9.17) is 27.9 Å². The average molecular weight is 245 g/mol. The third kappa shape index (κ3) is 2.68. The SMILES string of the molecule is C[C@@H]1COCC(c2cc(Cl)nc(Cl)c2)=N1. The second kappa shape index (κ2) is 4.47.